The molecule has 1 aliphatic rings. The molecule has 3 aromatic rings. The Hall–Kier alpha value is -3.01. The van der Waals surface area contributed by atoms with Crippen LogP contribution in [0.2, 0.25) is 4.34 Å². The molecule has 1 aromatic carbocycles. The molecule has 0 bridgehead atoms. The van der Waals surface area contributed by atoms with E-state index in [1.165, 1.54) is 11.3 Å². The zero-order chi connectivity index (χ0) is 24.8. The van der Waals surface area contributed by atoms with Crippen molar-refractivity contribution in [3.8, 4) is 11.3 Å². The molecule has 0 spiro atoms. The van der Waals surface area contributed by atoms with Crippen LogP contribution in [0.1, 0.15) is 40.8 Å². The molecule has 1 fully saturated rings. The summed E-state index contributed by atoms with van der Waals surface area (Å²) in [6.45, 7) is 4.09. The molecule has 2 aromatic heterocycles. The van der Waals surface area contributed by atoms with Crippen molar-refractivity contribution in [1.29, 1.82) is 5.41 Å². The molecule has 0 saturated carbocycles. The van der Waals surface area contributed by atoms with Crippen molar-refractivity contribution < 1.29 is 18.8 Å². The number of carbonyl (C=O) groups excluding carboxylic acids is 2. The molecule has 0 radical (unpaired) electrons. The number of ether oxygens (including phenoxy) is 1. The molecule has 0 aliphatic carbocycles. The van der Waals surface area contributed by atoms with Gasteiger partial charge in [0, 0.05) is 30.3 Å². The topological polar surface area (TPSA) is 109 Å². The average Bonchev–Trinajstić information content (AvgIpc) is 3.53. The van der Waals surface area contributed by atoms with Gasteiger partial charge in [0.15, 0.2) is 11.5 Å². The Morgan fingerprint density at radius 1 is 1.23 bits per heavy atom. The van der Waals surface area contributed by atoms with Crippen LogP contribution in [-0.2, 0) is 16.1 Å². The third-order valence-electron chi connectivity index (χ3n) is 5.88. The lowest BCUT2D eigenvalue weighted by molar-refractivity contribution is -0.149. The summed E-state index contributed by atoms with van der Waals surface area (Å²) < 4.78 is 11.1. The Morgan fingerprint density at radius 3 is 2.63 bits per heavy atom. The molecule has 0 unspecified atom stereocenters. The number of aromatic nitrogens is 1. The summed E-state index contributed by atoms with van der Waals surface area (Å²) in [6.07, 6.45) is 1.39. The molecule has 10 heteroatoms. The number of hydrogen-bond acceptors (Lipinski definition) is 8. The van der Waals surface area contributed by atoms with Crippen LogP contribution in [0.25, 0.3) is 11.3 Å². The van der Waals surface area contributed by atoms with Gasteiger partial charge in [0.05, 0.1) is 34.8 Å². The number of rotatable bonds is 9. The lowest BCUT2D eigenvalue weighted by Crippen LogP contribution is -2.40. The number of halogens is 1. The Labute approximate surface area is 212 Å². The summed E-state index contributed by atoms with van der Waals surface area (Å²) in [4.78, 5) is 26.7. The van der Waals surface area contributed by atoms with Crippen molar-refractivity contribution in [2.45, 2.75) is 26.3 Å². The van der Waals surface area contributed by atoms with Gasteiger partial charge in [0.25, 0.3) is 0 Å². The average molecular weight is 515 g/mol. The fraction of sp³-hybridized carbons (Fsp3) is 0.360. The zero-order valence-corrected chi connectivity index (χ0v) is 21.0. The smallest absolute Gasteiger partial charge is 0.309 e. The highest BCUT2D eigenvalue weighted by Gasteiger charge is 2.27. The quantitative estimate of drug-likeness (QED) is 0.185. The van der Waals surface area contributed by atoms with Gasteiger partial charge in [-0.15, -0.1) is 11.3 Å². The molecule has 4 rings (SSSR count). The number of amidine groups is 1. The van der Waals surface area contributed by atoms with E-state index < -0.39 is 0 Å². The van der Waals surface area contributed by atoms with E-state index in [1.807, 2.05) is 42.2 Å². The van der Waals surface area contributed by atoms with Gasteiger partial charge in [0.1, 0.15) is 11.5 Å². The van der Waals surface area contributed by atoms with Crippen LogP contribution in [-0.4, -0.2) is 53.9 Å². The van der Waals surface area contributed by atoms with E-state index in [-0.39, 0.29) is 24.2 Å². The Balaban J connectivity index is 1.28. The van der Waals surface area contributed by atoms with Gasteiger partial charge in [0.2, 0.25) is 0 Å². The van der Waals surface area contributed by atoms with Crippen LogP contribution in [0.5, 0.6) is 0 Å². The third-order valence-corrected chi connectivity index (χ3v) is 7.15. The van der Waals surface area contributed by atoms with E-state index in [0.29, 0.717) is 65.6 Å². The predicted molar refractivity (Wildman–Crippen MR) is 135 cm³/mol. The van der Waals surface area contributed by atoms with Crippen LogP contribution in [0.4, 0.5) is 0 Å². The predicted octanol–water partition coefficient (Wildman–Crippen LogP) is 4.63. The summed E-state index contributed by atoms with van der Waals surface area (Å²) in [7, 11) is 0. The number of carbonyl (C=O) groups is 2. The van der Waals surface area contributed by atoms with Crippen LogP contribution < -0.4 is 5.32 Å². The van der Waals surface area contributed by atoms with Crippen molar-refractivity contribution in [3.05, 3.63) is 63.0 Å². The maximum absolute atomic E-state index is 12.2. The van der Waals surface area contributed by atoms with Gasteiger partial charge in [-0.05, 0) is 31.9 Å². The number of thiophene rings is 1. The van der Waals surface area contributed by atoms with Crippen LogP contribution in [0, 0.1) is 11.3 Å². The van der Waals surface area contributed by atoms with Crippen LogP contribution >= 0.6 is 22.9 Å². The van der Waals surface area contributed by atoms with Crippen molar-refractivity contribution in [2.24, 2.45) is 5.92 Å². The summed E-state index contributed by atoms with van der Waals surface area (Å²) in [6, 6.07) is 12.9. The van der Waals surface area contributed by atoms with Crippen molar-refractivity contribution >= 4 is 40.5 Å². The molecule has 2 N–H and O–H groups in total. The van der Waals surface area contributed by atoms with E-state index >= 15 is 0 Å². The number of esters is 1. The van der Waals surface area contributed by atoms with Gasteiger partial charge in [-0.3, -0.25) is 15.0 Å². The number of piperidine rings is 1. The first-order valence-electron chi connectivity index (χ1n) is 11.5. The standard InChI is InChI=1S/C25H27ClN4O4S/c1-2-33-25(32)18-9-11-30(12-10-18)24(27)17-5-3-16(4-6-17)20-13-19(34-29-20)14-28-15-21(31)22-7-8-23(26)35-22/h3-8,13,18,27-28H,2,9-12,14-15H2,1H3. The summed E-state index contributed by atoms with van der Waals surface area (Å²) in [5.41, 5.74) is 2.37. The lowest BCUT2D eigenvalue weighted by Gasteiger charge is -2.32. The lowest BCUT2D eigenvalue weighted by atomic mass is 9.96. The first-order valence-corrected chi connectivity index (χ1v) is 12.7. The van der Waals surface area contributed by atoms with E-state index in [9.17, 15) is 9.59 Å². The molecular weight excluding hydrogens is 488 g/mol. The second kappa shape index (κ2) is 11.6. The van der Waals surface area contributed by atoms with E-state index in [2.05, 4.69) is 10.5 Å². The molecule has 1 saturated heterocycles. The highest BCUT2D eigenvalue weighted by molar-refractivity contribution is 7.18. The zero-order valence-electron chi connectivity index (χ0n) is 19.4. The molecule has 35 heavy (non-hydrogen) atoms. The van der Waals surface area contributed by atoms with E-state index in [1.54, 1.807) is 12.1 Å². The monoisotopic (exact) mass is 514 g/mol. The summed E-state index contributed by atoms with van der Waals surface area (Å²) >= 11 is 7.14. The van der Waals surface area contributed by atoms with E-state index in [0.717, 1.165) is 11.1 Å². The summed E-state index contributed by atoms with van der Waals surface area (Å²) in [5.74, 6) is 0.831. The molecule has 1 aliphatic heterocycles. The fourth-order valence-corrected chi connectivity index (χ4v) is 4.94. The van der Waals surface area contributed by atoms with Gasteiger partial charge in [-0.2, -0.15) is 0 Å². The normalized spacial score (nSPS) is 14.2. The number of hydrogen-bond donors (Lipinski definition) is 2. The number of ketones is 1. The molecule has 0 amide bonds. The largest absolute Gasteiger partial charge is 0.466 e. The van der Waals surface area contributed by atoms with Gasteiger partial charge >= 0.3 is 5.97 Å². The molecule has 3 heterocycles. The number of likely N-dealkylation sites (tertiary alicyclic amines) is 1. The molecule has 0 atom stereocenters. The second-order valence-electron chi connectivity index (χ2n) is 8.25. The Bertz CT molecular complexity index is 1180. The first-order chi connectivity index (χ1) is 16.9. The number of nitrogens with one attached hydrogen (secondary N) is 2. The SMILES string of the molecule is CCOC(=O)C1CCN(C(=N)c2ccc(-c3cc(CNCC(=O)c4ccc(Cl)s4)on3)cc2)CC1. The van der Waals surface area contributed by atoms with Crippen LogP contribution in [0.15, 0.2) is 47.0 Å². The molecule has 184 valence electrons. The van der Waals surface area contributed by atoms with Crippen molar-refractivity contribution in [3.63, 3.8) is 0 Å². The van der Waals surface area contributed by atoms with Gasteiger partial charge in [-0.1, -0.05) is 41.0 Å². The van der Waals surface area contributed by atoms with Crippen molar-refractivity contribution in [1.82, 2.24) is 15.4 Å². The minimum absolute atomic E-state index is 0.0233. The van der Waals surface area contributed by atoms with Crippen LogP contribution in [0.3, 0.4) is 0 Å². The van der Waals surface area contributed by atoms with Gasteiger partial charge in [-0.25, -0.2) is 0 Å². The second-order valence-corrected chi connectivity index (χ2v) is 9.96. The highest BCUT2D eigenvalue weighted by Crippen LogP contribution is 2.24. The fourth-order valence-electron chi connectivity index (χ4n) is 3.96. The molecular formula is C25H27ClN4O4S. The minimum atomic E-state index is -0.135. The van der Waals surface area contributed by atoms with E-state index in [4.69, 9.17) is 26.3 Å². The number of nitrogens with zero attached hydrogens (tertiary/aromatic N) is 2. The number of Topliss-reactive ketones (excluding diaryl/α,β-unsaturated/α-hetero) is 1. The minimum Gasteiger partial charge on any atom is -0.466 e. The Kier molecular flexibility index (Phi) is 8.33. The Morgan fingerprint density at radius 2 is 1.97 bits per heavy atom. The third kappa shape index (κ3) is 6.36. The van der Waals surface area contributed by atoms with Crippen molar-refractivity contribution in [2.75, 3.05) is 26.2 Å². The summed E-state index contributed by atoms with van der Waals surface area (Å²) in [5, 5.41) is 15.8. The first kappa shape index (κ1) is 25.1. The number of benzene rings is 1. The maximum Gasteiger partial charge on any atom is 0.309 e. The maximum atomic E-state index is 12.2. The van der Waals surface area contributed by atoms with Gasteiger partial charge < -0.3 is 19.5 Å². The molecule has 8 nitrogen and oxygen atoms in total. The highest BCUT2D eigenvalue weighted by atomic mass is 35.5.